The van der Waals surface area contributed by atoms with Crippen LogP contribution in [0.25, 0.3) is 0 Å². The van der Waals surface area contributed by atoms with Crippen LogP contribution in [-0.2, 0) is 11.3 Å². The summed E-state index contributed by atoms with van der Waals surface area (Å²) in [5.74, 6) is 0. The third-order valence-corrected chi connectivity index (χ3v) is 2.96. The first-order valence-electron chi connectivity index (χ1n) is 5.75. The Labute approximate surface area is 119 Å². The molecule has 0 aliphatic rings. The molecule has 98 valence electrons. The molecule has 4 nitrogen and oxygen atoms in total. The second kappa shape index (κ2) is 6.33. The number of carbonyl (C=O) groups excluding carboxylic acids is 1. The van der Waals surface area contributed by atoms with E-state index in [2.05, 4.69) is 26.2 Å². The van der Waals surface area contributed by atoms with E-state index in [0.717, 1.165) is 15.7 Å². The molecule has 0 fully saturated rings. The molecular formula is C14H13BrN2O2. The van der Waals surface area contributed by atoms with E-state index in [1.165, 1.54) is 0 Å². The lowest BCUT2D eigenvalue weighted by Crippen LogP contribution is -2.14. The third kappa shape index (κ3) is 4.06. The predicted molar refractivity (Wildman–Crippen MR) is 76.9 cm³/mol. The number of nitrogens with zero attached hydrogens (tertiary/aromatic N) is 1. The smallest absolute Gasteiger partial charge is 0.412 e. The molecule has 19 heavy (non-hydrogen) atoms. The van der Waals surface area contributed by atoms with E-state index in [-0.39, 0.29) is 6.61 Å². The maximum atomic E-state index is 11.7. The van der Waals surface area contributed by atoms with Gasteiger partial charge in [0, 0.05) is 0 Å². The molecule has 0 aliphatic carbocycles. The first-order valence-corrected chi connectivity index (χ1v) is 6.54. The van der Waals surface area contributed by atoms with Crippen LogP contribution in [-0.4, -0.2) is 11.1 Å². The maximum Gasteiger partial charge on any atom is 0.412 e. The summed E-state index contributed by atoms with van der Waals surface area (Å²) in [4.78, 5) is 15.7. The first-order chi connectivity index (χ1) is 9.15. The van der Waals surface area contributed by atoms with Crippen molar-refractivity contribution in [3.05, 3.63) is 58.3 Å². The number of hydrogen-bond donors (Lipinski definition) is 1. The van der Waals surface area contributed by atoms with Crippen molar-refractivity contribution in [2.75, 3.05) is 5.32 Å². The average molecular weight is 321 g/mol. The minimum atomic E-state index is -0.490. The van der Waals surface area contributed by atoms with Crippen molar-refractivity contribution < 1.29 is 9.53 Å². The number of nitrogens with one attached hydrogen (secondary N) is 1. The number of halogens is 1. The number of aromatic nitrogens is 1. The molecule has 0 saturated heterocycles. The van der Waals surface area contributed by atoms with Gasteiger partial charge in [-0.05, 0) is 40.0 Å². The molecule has 0 radical (unpaired) electrons. The van der Waals surface area contributed by atoms with Gasteiger partial charge in [0.15, 0.2) is 0 Å². The largest absolute Gasteiger partial charge is 0.444 e. The number of amides is 1. The Morgan fingerprint density at radius 3 is 2.79 bits per heavy atom. The number of ether oxygens (including phenoxy) is 1. The fourth-order valence-electron chi connectivity index (χ4n) is 1.52. The van der Waals surface area contributed by atoms with Gasteiger partial charge >= 0.3 is 6.09 Å². The molecule has 1 aromatic heterocycles. The van der Waals surface area contributed by atoms with Crippen LogP contribution in [0.2, 0.25) is 0 Å². The minimum Gasteiger partial charge on any atom is -0.444 e. The zero-order valence-corrected chi connectivity index (χ0v) is 12.0. The molecule has 1 aromatic carbocycles. The number of benzene rings is 1. The van der Waals surface area contributed by atoms with Crippen molar-refractivity contribution >= 4 is 27.7 Å². The normalized spacial score (nSPS) is 10.0. The van der Waals surface area contributed by atoms with E-state index in [9.17, 15) is 4.79 Å². The summed E-state index contributed by atoms with van der Waals surface area (Å²) in [6.07, 6.45) is 1.10. The summed E-state index contributed by atoms with van der Waals surface area (Å²) in [5, 5.41) is 2.66. The summed E-state index contributed by atoms with van der Waals surface area (Å²) in [6.45, 7) is 2.13. The lowest BCUT2D eigenvalue weighted by molar-refractivity contribution is 0.155. The van der Waals surface area contributed by atoms with Gasteiger partial charge in [-0.3, -0.25) is 5.32 Å². The molecule has 0 unspecified atom stereocenters. The van der Waals surface area contributed by atoms with Crippen molar-refractivity contribution in [3.8, 4) is 0 Å². The van der Waals surface area contributed by atoms with Crippen molar-refractivity contribution in [1.82, 2.24) is 4.98 Å². The van der Waals surface area contributed by atoms with Gasteiger partial charge in [0.25, 0.3) is 0 Å². The number of carbonyl (C=O) groups is 1. The standard InChI is InChI=1S/C14H13BrN2O2/c1-10-7-13(15)16-8-12(10)17-14(18)19-9-11-5-3-2-4-6-11/h2-8H,9H2,1H3,(H,17,18). The minimum absolute atomic E-state index is 0.246. The summed E-state index contributed by atoms with van der Waals surface area (Å²) < 4.78 is 5.86. The van der Waals surface area contributed by atoms with Crippen molar-refractivity contribution in [2.45, 2.75) is 13.5 Å². The van der Waals surface area contributed by atoms with Crippen LogP contribution in [0.3, 0.4) is 0 Å². The summed E-state index contributed by atoms with van der Waals surface area (Å²) >= 11 is 3.27. The molecule has 2 aromatic rings. The summed E-state index contributed by atoms with van der Waals surface area (Å²) in [7, 11) is 0. The molecule has 2 rings (SSSR count). The number of hydrogen-bond acceptors (Lipinski definition) is 3. The van der Waals surface area contributed by atoms with Crippen molar-refractivity contribution in [3.63, 3.8) is 0 Å². The van der Waals surface area contributed by atoms with E-state index in [0.29, 0.717) is 5.69 Å². The average Bonchev–Trinajstić information content (AvgIpc) is 2.41. The second-order valence-corrected chi connectivity index (χ2v) is 4.82. The molecular weight excluding hydrogens is 308 g/mol. The molecule has 0 aliphatic heterocycles. The Kier molecular flexibility index (Phi) is 4.52. The highest BCUT2D eigenvalue weighted by molar-refractivity contribution is 9.10. The topological polar surface area (TPSA) is 51.2 Å². The highest BCUT2D eigenvalue weighted by Gasteiger charge is 2.06. The number of pyridine rings is 1. The lowest BCUT2D eigenvalue weighted by atomic mass is 10.2. The molecule has 0 saturated carbocycles. The summed E-state index contributed by atoms with van der Waals surface area (Å²) in [6, 6.07) is 11.4. The van der Waals surface area contributed by atoms with Gasteiger partial charge in [-0.15, -0.1) is 0 Å². The van der Waals surface area contributed by atoms with Gasteiger partial charge in [-0.2, -0.15) is 0 Å². The molecule has 1 amide bonds. The van der Waals surface area contributed by atoms with Crippen LogP contribution < -0.4 is 5.32 Å². The second-order valence-electron chi connectivity index (χ2n) is 4.01. The first kappa shape index (κ1) is 13.5. The number of anilines is 1. The van der Waals surface area contributed by atoms with E-state index >= 15 is 0 Å². The molecule has 0 spiro atoms. The maximum absolute atomic E-state index is 11.7. The molecule has 1 N–H and O–H groups in total. The SMILES string of the molecule is Cc1cc(Br)ncc1NC(=O)OCc1ccccc1. The van der Waals surface area contributed by atoms with Gasteiger partial charge in [0.05, 0.1) is 11.9 Å². The Balaban J connectivity index is 1.91. The van der Waals surface area contributed by atoms with Crippen LogP contribution >= 0.6 is 15.9 Å². The predicted octanol–water partition coefficient (Wildman–Crippen LogP) is 3.90. The Bertz CT molecular complexity index is 573. The molecule has 0 bridgehead atoms. The number of aryl methyl sites for hydroxylation is 1. The van der Waals surface area contributed by atoms with Gasteiger partial charge in [0.2, 0.25) is 0 Å². The van der Waals surface area contributed by atoms with Gasteiger partial charge in [-0.25, -0.2) is 9.78 Å². The van der Waals surface area contributed by atoms with E-state index in [4.69, 9.17) is 4.74 Å². The van der Waals surface area contributed by atoms with Gasteiger partial charge in [-0.1, -0.05) is 30.3 Å². The van der Waals surface area contributed by atoms with Crippen LogP contribution in [0.1, 0.15) is 11.1 Å². The molecule has 1 heterocycles. The fourth-order valence-corrected chi connectivity index (χ4v) is 1.97. The van der Waals surface area contributed by atoms with E-state index in [1.54, 1.807) is 6.20 Å². The van der Waals surface area contributed by atoms with Crippen LogP contribution in [0, 0.1) is 6.92 Å². The third-order valence-electron chi connectivity index (χ3n) is 2.53. The highest BCUT2D eigenvalue weighted by Crippen LogP contribution is 2.17. The fraction of sp³-hybridized carbons (Fsp3) is 0.143. The van der Waals surface area contributed by atoms with E-state index < -0.39 is 6.09 Å². The monoisotopic (exact) mass is 320 g/mol. The lowest BCUT2D eigenvalue weighted by Gasteiger charge is -2.09. The Morgan fingerprint density at radius 1 is 1.37 bits per heavy atom. The van der Waals surface area contributed by atoms with Crippen LogP contribution in [0.4, 0.5) is 10.5 Å². The molecule has 0 atom stereocenters. The molecule has 5 heteroatoms. The van der Waals surface area contributed by atoms with Crippen molar-refractivity contribution in [1.29, 1.82) is 0 Å². The summed E-state index contributed by atoms with van der Waals surface area (Å²) in [5.41, 5.74) is 2.50. The van der Waals surface area contributed by atoms with Gasteiger partial charge in [0.1, 0.15) is 11.2 Å². The van der Waals surface area contributed by atoms with Crippen LogP contribution in [0.15, 0.2) is 47.2 Å². The van der Waals surface area contributed by atoms with Crippen molar-refractivity contribution in [2.24, 2.45) is 0 Å². The highest BCUT2D eigenvalue weighted by atomic mass is 79.9. The number of rotatable bonds is 3. The van der Waals surface area contributed by atoms with E-state index in [1.807, 2.05) is 43.3 Å². The zero-order chi connectivity index (χ0) is 13.7. The van der Waals surface area contributed by atoms with Crippen LogP contribution in [0.5, 0.6) is 0 Å². The Morgan fingerprint density at radius 2 is 2.11 bits per heavy atom. The Hall–Kier alpha value is -1.88. The quantitative estimate of drug-likeness (QED) is 0.872. The van der Waals surface area contributed by atoms with Gasteiger partial charge < -0.3 is 4.74 Å². The zero-order valence-electron chi connectivity index (χ0n) is 10.4.